The molecule has 3 nitrogen and oxygen atoms in total. The van der Waals surface area contributed by atoms with E-state index in [0.717, 1.165) is 0 Å². The summed E-state index contributed by atoms with van der Waals surface area (Å²) in [4.78, 5) is 15.2. The average molecular weight is 169 g/mol. The molecule has 0 amide bonds. The lowest BCUT2D eigenvalue weighted by molar-refractivity contribution is 0.0596. The van der Waals surface area contributed by atoms with E-state index in [1.807, 2.05) is 0 Å². The number of hydrogen-bond donors (Lipinski definition) is 1. The number of hydrogen-bond acceptors (Lipinski definition) is 4. The van der Waals surface area contributed by atoms with Crippen LogP contribution in [0.4, 0.5) is 0 Å². The van der Waals surface area contributed by atoms with E-state index < -0.39 is 5.97 Å². The molecule has 1 rings (SSSR count). The number of esters is 1. The standard InChI is InChI=1S/C7H7NO2S/c1-10-7(9)5-2-3-8-4-6(5)11/h2-4,11H,1H3. The molecule has 0 saturated carbocycles. The quantitative estimate of drug-likeness (QED) is 0.506. The van der Waals surface area contributed by atoms with Gasteiger partial charge < -0.3 is 4.74 Å². The lowest BCUT2D eigenvalue weighted by Crippen LogP contribution is -2.02. The first-order valence-electron chi connectivity index (χ1n) is 2.97. The Kier molecular flexibility index (Phi) is 2.48. The highest BCUT2D eigenvalue weighted by Crippen LogP contribution is 2.11. The fraction of sp³-hybridized carbons (Fsp3) is 0.143. The monoisotopic (exact) mass is 169 g/mol. The summed E-state index contributed by atoms with van der Waals surface area (Å²) in [6.07, 6.45) is 3.02. The summed E-state index contributed by atoms with van der Waals surface area (Å²) < 4.78 is 4.50. The molecule has 0 aliphatic heterocycles. The maximum atomic E-state index is 10.9. The summed E-state index contributed by atoms with van der Waals surface area (Å²) >= 11 is 4.03. The number of ether oxygens (including phenoxy) is 1. The number of nitrogens with zero attached hydrogens (tertiary/aromatic N) is 1. The first kappa shape index (κ1) is 8.07. The van der Waals surface area contributed by atoms with Crippen molar-refractivity contribution in [3.63, 3.8) is 0 Å². The molecule has 1 heterocycles. The van der Waals surface area contributed by atoms with Gasteiger partial charge >= 0.3 is 5.97 Å². The van der Waals surface area contributed by atoms with E-state index >= 15 is 0 Å². The summed E-state index contributed by atoms with van der Waals surface area (Å²) in [7, 11) is 1.33. The van der Waals surface area contributed by atoms with Gasteiger partial charge in [0.15, 0.2) is 0 Å². The minimum Gasteiger partial charge on any atom is -0.465 e. The third-order valence-electron chi connectivity index (χ3n) is 1.21. The Bertz CT molecular complexity index is 275. The third kappa shape index (κ3) is 1.71. The zero-order valence-electron chi connectivity index (χ0n) is 5.94. The molecule has 0 spiro atoms. The van der Waals surface area contributed by atoms with E-state index in [4.69, 9.17) is 0 Å². The summed E-state index contributed by atoms with van der Waals surface area (Å²) in [5.41, 5.74) is 0.436. The van der Waals surface area contributed by atoms with Crippen molar-refractivity contribution in [2.75, 3.05) is 7.11 Å². The summed E-state index contributed by atoms with van der Waals surface area (Å²) in [5.74, 6) is -0.391. The van der Waals surface area contributed by atoms with Crippen molar-refractivity contribution < 1.29 is 9.53 Å². The van der Waals surface area contributed by atoms with Crippen LogP contribution in [0.1, 0.15) is 10.4 Å². The smallest absolute Gasteiger partial charge is 0.339 e. The van der Waals surface area contributed by atoms with E-state index in [-0.39, 0.29) is 0 Å². The fourth-order valence-electron chi connectivity index (χ4n) is 0.669. The second-order valence-corrected chi connectivity index (χ2v) is 2.37. The first-order valence-corrected chi connectivity index (χ1v) is 3.41. The average Bonchev–Trinajstić information content (AvgIpc) is 2.04. The minimum absolute atomic E-state index is 0.391. The van der Waals surface area contributed by atoms with Crippen LogP contribution in [0.2, 0.25) is 0 Å². The third-order valence-corrected chi connectivity index (χ3v) is 1.56. The van der Waals surface area contributed by atoms with Gasteiger partial charge in [-0.2, -0.15) is 0 Å². The largest absolute Gasteiger partial charge is 0.465 e. The highest BCUT2D eigenvalue weighted by Gasteiger charge is 2.07. The van der Waals surface area contributed by atoms with E-state index in [1.54, 1.807) is 6.07 Å². The zero-order chi connectivity index (χ0) is 8.27. The molecule has 0 fully saturated rings. The van der Waals surface area contributed by atoms with Gasteiger partial charge in [-0.3, -0.25) is 4.98 Å². The predicted octanol–water partition coefficient (Wildman–Crippen LogP) is 1.16. The maximum absolute atomic E-state index is 10.9. The number of carbonyl (C=O) groups is 1. The Hall–Kier alpha value is -1.03. The van der Waals surface area contributed by atoms with E-state index in [9.17, 15) is 4.79 Å². The molecule has 0 saturated heterocycles. The van der Waals surface area contributed by atoms with Crippen LogP contribution in [0.15, 0.2) is 23.4 Å². The van der Waals surface area contributed by atoms with Crippen LogP contribution in [0.3, 0.4) is 0 Å². The second kappa shape index (κ2) is 3.39. The molecule has 11 heavy (non-hydrogen) atoms. The maximum Gasteiger partial charge on any atom is 0.339 e. The van der Waals surface area contributed by atoms with Crippen LogP contribution in [0.5, 0.6) is 0 Å². The Balaban J connectivity index is 3.03. The number of aromatic nitrogens is 1. The first-order chi connectivity index (χ1) is 5.25. The van der Waals surface area contributed by atoms with Crippen molar-refractivity contribution in [3.8, 4) is 0 Å². The molecule has 0 aliphatic rings. The van der Waals surface area contributed by atoms with E-state index in [1.165, 1.54) is 19.5 Å². The molecule has 4 heteroatoms. The van der Waals surface area contributed by atoms with Crippen LogP contribution >= 0.6 is 12.6 Å². The highest BCUT2D eigenvalue weighted by molar-refractivity contribution is 7.80. The fourth-order valence-corrected chi connectivity index (χ4v) is 0.901. The van der Waals surface area contributed by atoms with Crippen molar-refractivity contribution >= 4 is 18.6 Å². The molecule has 1 aromatic rings. The molecule has 0 unspecified atom stereocenters. The number of thiol groups is 1. The van der Waals surface area contributed by atoms with Crippen molar-refractivity contribution in [3.05, 3.63) is 24.0 Å². The lowest BCUT2D eigenvalue weighted by atomic mass is 10.3. The van der Waals surface area contributed by atoms with Crippen molar-refractivity contribution in [2.45, 2.75) is 4.90 Å². The predicted molar refractivity (Wildman–Crippen MR) is 42.8 cm³/mol. The van der Waals surface area contributed by atoms with Crippen molar-refractivity contribution in [1.82, 2.24) is 4.98 Å². The van der Waals surface area contributed by atoms with Crippen LogP contribution in [0, 0.1) is 0 Å². The molecular formula is C7H7NO2S. The minimum atomic E-state index is -0.391. The van der Waals surface area contributed by atoms with Crippen LogP contribution in [0.25, 0.3) is 0 Å². The van der Waals surface area contributed by atoms with E-state index in [0.29, 0.717) is 10.5 Å². The van der Waals surface area contributed by atoms with Gasteiger partial charge in [-0.25, -0.2) is 4.79 Å². The molecule has 0 bridgehead atoms. The molecule has 1 aromatic heterocycles. The van der Waals surface area contributed by atoms with Crippen molar-refractivity contribution in [1.29, 1.82) is 0 Å². The summed E-state index contributed by atoms with van der Waals surface area (Å²) in [6.45, 7) is 0. The summed E-state index contributed by atoms with van der Waals surface area (Å²) in [5, 5.41) is 0. The highest BCUT2D eigenvalue weighted by atomic mass is 32.1. The van der Waals surface area contributed by atoms with Crippen LogP contribution < -0.4 is 0 Å². The SMILES string of the molecule is COC(=O)c1ccncc1S. The van der Waals surface area contributed by atoms with Gasteiger partial charge in [-0.05, 0) is 6.07 Å². The Morgan fingerprint density at radius 1 is 1.73 bits per heavy atom. The summed E-state index contributed by atoms with van der Waals surface area (Å²) in [6, 6.07) is 1.56. The van der Waals surface area contributed by atoms with Gasteiger partial charge in [0, 0.05) is 17.3 Å². The molecule has 0 aromatic carbocycles. The van der Waals surface area contributed by atoms with Gasteiger partial charge in [0.25, 0.3) is 0 Å². The lowest BCUT2D eigenvalue weighted by Gasteiger charge is -1.99. The van der Waals surface area contributed by atoms with Crippen molar-refractivity contribution in [2.24, 2.45) is 0 Å². The van der Waals surface area contributed by atoms with Gasteiger partial charge in [-0.15, -0.1) is 12.6 Å². The van der Waals surface area contributed by atoms with Gasteiger partial charge in [0.1, 0.15) is 0 Å². The number of methoxy groups -OCH3 is 1. The number of pyridine rings is 1. The Morgan fingerprint density at radius 3 is 3.00 bits per heavy atom. The molecule has 0 N–H and O–H groups in total. The molecule has 0 aliphatic carbocycles. The van der Waals surface area contributed by atoms with E-state index in [2.05, 4.69) is 22.3 Å². The Labute approximate surface area is 69.8 Å². The molecule has 0 radical (unpaired) electrons. The normalized spacial score (nSPS) is 9.27. The molecule has 0 atom stereocenters. The van der Waals surface area contributed by atoms with Gasteiger partial charge in [0.2, 0.25) is 0 Å². The Morgan fingerprint density at radius 2 is 2.45 bits per heavy atom. The topological polar surface area (TPSA) is 39.2 Å². The molecule has 58 valence electrons. The zero-order valence-corrected chi connectivity index (χ0v) is 6.84. The van der Waals surface area contributed by atoms with Crippen LogP contribution in [-0.2, 0) is 4.74 Å². The van der Waals surface area contributed by atoms with Crippen LogP contribution in [-0.4, -0.2) is 18.1 Å². The molecular weight excluding hydrogens is 162 g/mol. The second-order valence-electron chi connectivity index (χ2n) is 1.88. The number of rotatable bonds is 1. The number of carbonyl (C=O) groups excluding carboxylic acids is 1. The van der Waals surface area contributed by atoms with Gasteiger partial charge in [-0.1, -0.05) is 0 Å². The van der Waals surface area contributed by atoms with Gasteiger partial charge in [0.05, 0.1) is 12.7 Å².